The smallest absolute Gasteiger partial charge is 0.281 e. The first-order valence-electron chi connectivity index (χ1n) is 6.85. The van der Waals surface area contributed by atoms with Crippen LogP contribution in [0.1, 0.15) is 5.56 Å². The highest BCUT2D eigenvalue weighted by molar-refractivity contribution is 6.30. The first kappa shape index (κ1) is 17.7. The predicted octanol–water partition coefficient (Wildman–Crippen LogP) is 1.40. The number of rotatable bonds is 4. The van der Waals surface area contributed by atoms with Gasteiger partial charge < -0.3 is 9.84 Å². The van der Waals surface area contributed by atoms with Crippen molar-refractivity contribution in [2.24, 2.45) is 0 Å². The maximum absolute atomic E-state index is 12.2. The maximum atomic E-state index is 12.2. The third kappa shape index (κ3) is 3.99. The van der Waals surface area contributed by atoms with E-state index >= 15 is 0 Å². The highest BCUT2D eigenvalue weighted by Crippen LogP contribution is 2.29. The van der Waals surface area contributed by atoms with Gasteiger partial charge in [0, 0.05) is 24.2 Å². The quantitative estimate of drug-likeness (QED) is 0.275. The van der Waals surface area contributed by atoms with Crippen LogP contribution < -0.4 is 5.43 Å². The van der Waals surface area contributed by atoms with Gasteiger partial charge in [-0.2, -0.15) is 5.26 Å². The van der Waals surface area contributed by atoms with Crippen LogP contribution in [-0.2, 0) is 9.53 Å². The highest BCUT2D eigenvalue weighted by Gasteiger charge is 2.25. The number of carbonyl (C=O) groups excluding carboxylic acids is 1. The average Bonchev–Trinajstić information content (AvgIpc) is 2.56. The van der Waals surface area contributed by atoms with Crippen molar-refractivity contribution in [3.8, 4) is 6.07 Å². The van der Waals surface area contributed by atoms with Crippen LogP contribution in [0.5, 0.6) is 0 Å². The van der Waals surface area contributed by atoms with Gasteiger partial charge in [-0.3, -0.25) is 20.3 Å². The molecule has 1 heterocycles. The minimum Gasteiger partial charge on any atom is -0.505 e. The summed E-state index contributed by atoms with van der Waals surface area (Å²) in [7, 11) is 0. The number of halogens is 1. The zero-order valence-corrected chi connectivity index (χ0v) is 13.1. The minimum absolute atomic E-state index is 0.0922. The normalized spacial score (nSPS) is 16.0. The molecular formula is C14H13ClN4O5. The Kier molecular flexibility index (Phi) is 5.70. The van der Waals surface area contributed by atoms with Gasteiger partial charge in [0.2, 0.25) is 0 Å². The molecule has 1 aliphatic heterocycles. The monoisotopic (exact) mass is 352 g/mol. The molecule has 2 rings (SSSR count). The maximum Gasteiger partial charge on any atom is 0.281 e. The molecule has 10 heteroatoms. The van der Waals surface area contributed by atoms with E-state index in [0.29, 0.717) is 26.3 Å². The largest absolute Gasteiger partial charge is 0.505 e. The minimum atomic E-state index is -0.860. The summed E-state index contributed by atoms with van der Waals surface area (Å²) in [4.78, 5) is 22.5. The Bertz CT molecular complexity index is 737. The van der Waals surface area contributed by atoms with E-state index in [1.54, 1.807) is 6.07 Å². The molecule has 1 saturated heterocycles. The van der Waals surface area contributed by atoms with Crippen LogP contribution in [0.2, 0.25) is 5.02 Å². The van der Waals surface area contributed by atoms with Crippen LogP contribution in [0, 0.1) is 21.4 Å². The lowest BCUT2D eigenvalue weighted by molar-refractivity contribution is -0.385. The first-order chi connectivity index (χ1) is 11.4. The molecule has 1 aromatic rings. The fourth-order valence-corrected chi connectivity index (χ4v) is 2.24. The van der Waals surface area contributed by atoms with E-state index < -0.39 is 27.9 Å². The number of hydrogen-bond donors (Lipinski definition) is 2. The van der Waals surface area contributed by atoms with Crippen LogP contribution in [-0.4, -0.2) is 47.2 Å². The van der Waals surface area contributed by atoms with Crippen molar-refractivity contribution in [2.75, 3.05) is 26.3 Å². The number of hydrogen-bond acceptors (Lipinski definition) is 7. The van der Waals surface area contributed by atoms with Crippen LogP contribution in [0.3, 0.4) is 0 Å². The molecule has 1 aliphatic rings. The molecule has 1 amide bonds. The number of nitrogens with zero attached hydrogens (tertiary/aromatic N) is 3. The summed E-state index contributed by atoms with van der Waals surface area (Å²) >= 11 is 5.71. The summed E-state index contributed by atoms with van der Waals surface area (Å²) in [6.45, 7) is 1.68. The fraction of sp³-hybridized carbons (Fsp3) is 0.286. The standard InChI is InChI=1S/C14H13ClN4O5/c15-9-1-2-10(12(7-9)19(22)23)13(20)11(8-16)14(21)17-18-3-5-24-6-4-18/h1-2,7,20H,3-6H2,(H,17,21). The Hall–Kier alpha value is -2.67. The van der Waals surface area contributed by atoms with Gasteiger partial charge >= 0.3 is 0 Å². The van der Waals surface area contributed by atoms with E-state index in [1.807, 2.05) is 0 Å². The summed E-state index contributed by atoms with van der Waals surface area (Å²) in [5.74, 6) is -1.65. The molecule has 9 nitrogen and oxygen atoms in total. The number of ether oxygens (including phenoxy) is 1. The van der Waals surface area contributed by atoms with Gasteiger partial charge in [0.05, 0.1) is 23.7 Å². The van der Waals surface area contributed by atoms with Gasteiger partial charge in [0.1, 0.15) is 6.07 Å². The predicted molar refractivity (Wildman–Crippen MR) is 83.8 cm³/mol. The average molecular weight is 353 g/mol. The van der Waals surface area contributed by atoms with E-state index in [4.69, 9.17) is 16.3 Å². The van der Waals surface area contributed by atoms with Crippen molar-refractivity contribution in [3.63, 3.8) is 0 Å². The SMILES string of the molecule is N#CC(C(=O)NN1CCOCC1)=C(O)c1ccc(Cl)cc1[N+](=O)[O-]. The molecule has 0 radical (unpaired) electrons. The third-order valence-electron chi connectivity index (χ3n) is 3.26. The molecular weight excluding hydrogens is 340 g/mol. The second-order valence-electron chi connectivity index (χ2n) is 4.79. The second-order valence-corrected chi connectivity index (χ2v) is 5.23. The molecule has 0 aromatic heterocycles. The van der Waals surface area contributed by atoms with E-state index in [0.717, 1.165) is 6.07 Å². The Morgan fingerprint density at radius 1 is 1.46 bits per heavy atom. The molecule has 24 heavy (non-hydrogen) atoms. The zero-order chi connectivity index (χ0) is 17.7. The number of nitro groups is 1. The van der Waals surface area contributed by atoms with Gasteiger partial charge in [-0.05, 0) is 12.1 Å². The van der Waals surface area contributed by atoms with Crippen LogP contribution in [0.15, 0.2) is 23.8 Å². The lowest BCUT2D eigenvalue weighted by atomic mass is 10.1. The molecule has 1 aromatic carbocycles. The van der Waals surface area contributed by atoms with Gasteiger partial charge in [0.25, 0.3) is 11.6 Å². The highest BCUT2D eigenvalue weighted by atomic mass is 35.5. The number of nitrogens with one attached hydrogen (secondary N) is 1. The van der Waals surface area contributed by atoms with Crippen LogP contribution in [0.4, 0.5) is 5.69 Å². The first-order valence-corrected chi connectivity index (χ1v) is 7.23. The number of aliphatic hydroxyl groups excluding tert-OH is 1. The number of amides is 1. The zero-order valence-electron chi connectivity index (χ0n) is 12.4. The molecule has 2 N–H and O–H groups in total. The molecule has 0 spiro atoms. The van der Waals surface area contributed by atoms with Crippen molar-refractivity contribution in [3.05, 3.63) is 44.5 Å². The summed E-state index contributed by atoms with van der Waals surface area (Å²) in [5, 5.41) is 32.1. The molecule has 0 unspecified atom stereocenters. The number of hydrazine groups is 1. The van der Waals surface area contributed by atoms with Crippen LogP contribution in [0.25, 0.3) is 5.76 Å². The summed E-state index contributed by atoms with van der Waals surface area (Å²) in [6, 6.07) is 5.09. The Morgan fingerprint density at radius 2 is 2.12 bits per heavy atom. The summed E-state index contributed by atoms with van der Waals surface area (Å²) in [6.07, 6.45) is 0. The number of aliphatic hydroxyl groups is 1. The molecule has 0 bridgehead atoms. The number of nitriles is 1. The van der Waals surface area contributed by atoms with E-state index in [-0.39, 0.29) is 10.6 Å². The molecule has 1 fully saturated rings. The Labute approximate surface area is 141 Å². The van der Waals surface area contributed by atoms with Crippen molar-refractivity contribution >= 4 is 29.0 Å². The Balaban J connectivity index is 2.34. The lowest BCUT2D eigenvalue weighted by Gasteiger charge is -2.26. The molecule has 0 atom stereocenters. The Morgan fingerprint density at radius 3 is 2.71 bits per heavy atom. The number of morpholine rings is 1. The van der Waals surface area contributed by atoms with Crippen LogP contribution >= 0.6 is 11.6 Å². The molecule has 0 aliphatic carbocycles. The molecule has 126 valence electrons. The number of carbonyl (C=O) groups is 1. The molecule has 0 saturated carbocycles. The van der Waals surface area contributed by atoms with E-state index in [1.165, 1.54) is 17.1 Å². The van der Waals surface area contributed by atoms with Crippen molar-refractivity contribution in [2.45, 2.75) is 0 Å². The van der Waals surface area contributed by atoms with Gasteiger partial charge in [0.15, 0.2) is 11.3 Å². The van der Waals surface area contributed by atoms with Gasteiger partial charge in [-0.25, -0.2) is 5.01 Å². The fourth-order valence-electron chi connectivity index (χ4n) is 2.08. The van der Waals surface area contributed by atoms with E-state index in [9.17, 15) is 25.3 Å². The van der Waals surface area contributed by atoms with Crippen molar-refractivity contribution in [1.29, 1.82) is 5.26 Å². The second kappa shape index (κ2) is 7.74. The topological polar surface area (TPSA) is 129 Å². The number of benzene rings is 1. The van der Waals surface area contributed by atoms with Gasteiger partial charge in [-0.15, -0.1) is 0 Å². The summed E-state index contributed by atoms with van der Waals surface area (Å²) < 4.78 is 5.13. The third-order valence-corrected chi connectivity index (χ3v) is 3.49. The lowest BCUT2D eigenvalue weighted by Crippen LogP contribution is -2.48. The van der Waals surface area contributed by atoms with Crippen molar-refractivity contribution in [1.82, 2.24) is 10.4 Å². The summed E-state index contributed by atoms with van der Waals surface area (Å²) in [5.41, 5.74) is 1.05. The van der Waals surface area contributed by atoms with E-state index in [2.05, 4.69) is 5.43 Å². The number of nitro benzene ring substituents is 1. The van der Waals surface area contributed by atoms with Crippen molar-refractivity contribution < 1.29 is 19.6 Å². The van der Waals surface area contributed by atoms with Gasteiger partial charge in [-0.1, -0.05) is 11.6 Å².